The van der Waals surface area contributed by atoms with Gasteiger partial charge in [0.15, 0.2) is 0 Å². The van der Waals surface area contributed by atoms with Gasteiger partial charge in [-0.25, -0.2) is 8.42 Å². The van der Waals surface area contributed by atoms with E-state index in [1.54, 1.807) is 24.3 Å². The van der Waals surface area contributed by atoms with Crippen molar-refractivity contribution in [1.29, 1.82) is 0 Å². The van der Waals surface area contributed by atoms with E-state index in [2.05, 4.69) is 0 Å². The first-order valence-corrected chi connectivity index (χ1v) is 8.79. The Hall–Kier alpha value is -1.52. The Morgan fingerprint density at radius 1 is 1.00 bits per heavy atom. The lowest BCUT2D eigenvalue weighted by atomic mass is 10.2. The van der Waals surface area contributed by atoms with Crippen LogP contribution in [0.1, 0.15) is 12.5 Å². The summed E-state index contributed by atoms with van der Waals surface area (Å²) in [6.07, 6.45) is 0.734. The first kappa shape index (κ1) is 15.9. The van der Waals surface area contributed by atoms with E-state index in [1.807, 2.05) is 37.3 Å². The van der Waals surface area contributed by atoms with Crippen molar-refractivity contribution >= 4 is 27.3 Å². The van der Waals surface area contributed by atoms with Gasteiger partial charge in [0.25, 0.3) is 10.0 Å². The zero-order valence-electron chi connectivity index (χ0n) is 11.9. The fraction of sp³-hybridized carbons (Fsp3) is 0.250. The van der Waals surface area contributed by atoms with Crippen molar-refractivity contribution in [2.75, 3.05) is 16.7 Å². The summed E-state index contributed by atoms with van der Waals surface area (Å²) in [5.41, 5.74) is 1.71. The second-order valence-corrected chi connectivity index (χ2v) is 6.83. The van der Waals surface area contributed by atoms with Crippen molar-refractivity contribution in [3.63, 3.8) is 0 Å². The Bertz CT molecular complexity index is 669. The monoisotopic (exact) mass is 323 g/mol. The number of nitrogens with zero attached hydrogens (tertiary/aromatic N) is 1. The van der Waals surface area contributed by atoms with Gasteiger partial charge >= 0.3 is 0 Å². The van der Waals surface area contributed by atoms with Crippen LogP contribution in [0.25, 0.3) is 0 Å². The van der Waals surface area contributed by atoms with Crippen LogP contribution in [-0.2, 0) is 16.4 Å². The van der Waals surface area contributed by atoms with Crippen molar-refractivity contribution in [2.24, 2.45) is 0 Å². The second kappa shape index (κ2) is 6.96. The van der Waals surface area contributed by atoms with Gasteiger partial charge in [-0.15, -0.1) is 11.6 Å². The molecule has 0 radical (unpaired) electrons. The molecule has 0 aliphatic heterocycles. The van der Waals surface area contributed by atoms with E-state index in [4.69, 9.17) is 11.6 Å². The summed E-state index contributed by atoms with van der Waals surface area (Å²) < 4.78 is 26.9. The van der Waals surface area contributed by atoms with Gasteiger partial charge in [-0.3, -0.25) is 4.31 Å². The van der Waals surface area contributed by atoms with Crippen LogP contribution < -0.4 is 4.31 Å². The highest BCUT2D eigenvalue weighted by Crippen LogP contribution is 2.23. The maximum absolute atomic E-state index is 12.7. The van der Waals surface area contributed by atoms with E-state index in [0.29, 0.717) is 23.0 Å². The Balaban J connectivity index is 2.35. The molecular formula is C16H18ClNO2S. The minimum atomic E-state index is -3.54. The minimum absolute atomic E-state index is 0.298. The fourth-order valence-corrected chi connectivity index (χ4v) is 3.84. The molecule has 3 nitrogen and oxygen atoms in total. The number of hydrogen-bond acceptors (Lipinski definition) is 2. The smallest absolute Gasteiger partial charge is 0.264 e. The van der Waals surface area contributed by atoms with Crippen LogP contribution in [0.5, 0.6) is 0 Å². The molecule has 0 fully saturated rings. The molecule has 0 spiro atoms. The summed E-state index contributed by atoms with van der Waals surface area (Å²) in [5, 5.41) is 0. The van der Waals surface area contributed by atoms with Gasteiger partial charge in [0.05, 0.1) is 10.6 Å². The molecule has 0 unspecified atom stereocenters. The third kappa shape index (κ3) is 3.57. The second-order valence-electron chi connectivity index (χ2n) is 4.59. The van der Waals surface area contributed by atoms with Gasteiger partial charge in [-0.05, 0) is 43.2 Å². The Labute approximate surface area is 131 Å². The molecule has 112 valence electrons. The first-order chi connectivity index (χ1) is 10.1. The predicted octanol–water partition coefficient (Wildman–Crippen LogP) is 3.68. The topological polar surface area (TPSA) is 37.4 Å². The number of aryl methyl sites for hydroxylation is 1. The summed E-state index contributed by atoms with van der Waals surface area (Å²) in [7, 11) is -3.54. The summed E-state index contributed by atoms with van der Waals surface area (Å²) in [5.74, 6) is 0.525. The average molecular weight is 324 g/mol. The van der Waals surface area contributed by atoms with Gasteiger partial charge in [-0.1, -0.05) is 30.3 Å². The minimum Gasteiger partial charge on any atom is -0.267 e. The summed E-state index contributed by atoms with van der Waals surface area (Å²) in [4.78, 5) is 0.298. The zero-order valence-corrected chi connectivity index (χ0v) is 13.4. The van der Waals surface area contributed by atoms with E-state index in [0.717, 1.165) is 12.0 Å². The van der Waals surface area contributed by atoms with Crippen LogP contribution in [0.15, 0.2) is 59.5 Å². The molecule has 2 aromatic rings. The molecule has 0 aliphatic carbocycles. The molecule has 0 aliphatic rings. The van der Waals surface area contributed by atoms with Gasteiger partial charge in [0.1, 0.15) is 0 Å². The van der Waals surface area contributed by atoms with Crippen molar-refractivity contribution in [3.05, 3.63) is 60.2 Å². The SMILES string of the molecule is CCN(c1ccccc1)S(=O)(=O)c1ccc(CCCl)cc1. The molecule has 0 amide bonds. The standard InChI is InChI=1S/C16H18ClNO2S/c1-2-18(15-6-4-3-5-7-15)21(19,20)16-10-8-14(9-11-16)12-13-17/h3-11H,2,12-13H2,1H3. The summed E-state index contributed by atoms with van der Waals surface area (Å²) in [6, 6.07) is 16.0. The van der Waals surface area contributed by atoms with Crippen molar-refractivity contribution in [3.8, 4) is 0 Å². The number of alkyl halides is 1. The number of sulfonamides is 1. The van der Waals surface area contributed by atoms with Crippen LogP contribution in [-0.4, -0.2) is 20.8 Å². The number of halogens is 1. The number of hydrogen-bond donors (Lipinski definition) is 0. The molecule has 0 saturated carbocycles. The highest BCUT2D eigenvalue weighted by atomic mass is 35.5. The zero-order chi connectivity index (χ0) is 15.3. The van der Waals surface area contributed by atoms with Crippen molar-refractivity contribution in [2.45, 2.75) is 18.2 Å². The van der Waals surface area contributed by atoms with Crippen LogP contribution in [0.4, 0.5) is 5.69 Å². The molecule has 0 atom stereocenters. The Morgan fingerprint density at radius 2 is 1.62 bits per heavy atom. The lowest BCUT2D eigenvalue weighted by Crippen LogP contribution is -2.30. The molecule has 0 bridgehead atoms. The van der Waals surface area contributed by atoms with Gasteiger partial charge in [-0.2, -0.15) is 0 Å². The van der Waals surface area contributed by atoms with Gasteiger partial charge in [0, 0.05) is 12.4 Å². The van der Waals surface area contributed by atoms with Gasteiger partial charge in [0.2, 0.25) is 0 Å². The molecule has 0 N–H and O–H groups in total. The van der Waals surface area contributed by atoms with Crippen LogP contribution >= 0.6 is 11.6 Å². The van der Waals surface area contributed by atoms with Crippen LogP contribution in [0.3, 0.4) is 0 Å². The number of anilines is 1. The fourth-order valence-electron chi connectivity index (χ4n) is 2.15. The third-order valence-electron chi connectivity index (χ3n) is 3.23. The molecule has 0 heterocycles. The van der Waals surface area contributed by atoms with Crippen LogP contribution in [0.2, 0.25) is 0 Å². The number of benzene rings is 2. The molecule has 0 aromatic heterocycles. The van der Waals surface area contributed by atoms with Gasteiger partial charge < -0.3 is 0 Å². The molecule has 5 heteroatoms. The molecule has 2 rings (SSSR count). The molecule has 2 aromatic carbocycles. The molecule has 21 heavy (non-hydrogen) atoms. The first-order valence-electron chi connectivity index (χ1n) is 6.82. The van der Waals surface area contributed by atoms with E-state index in [1.165, 1.54) is 4.31 Å². The number of para-hydroxylation sites is 1. The summed E-state index contributed by atoms with van der Waals surface area (Å²) in [6.45, 7) is 2.21. The van der Waals surface area contributed by atoms with E-state index in [-0.39, 0.29) is 0 Å². The van der Waals surface area contributed by atoms with E-state index < -0.39 is 10.0 Å². The lowest BCUT2D eigenvalue weighted by molar-refractivity contribution is 0.592. The van der Waals surface area contributed by atoms with E-state index in [9.17, 15) is 8.42 Å². The maximum Gasteiger partial charge on any atom is 0.264 e. The number of rotatable bonds is 6. The highest BCUT2D eigenvalue weighted by Gasteiger charge is 2.23. The molecule has 0 saturated heterocycles. The maximum atomic E-state index is 12.7. The average Bonchev–Trinajstić information content (AvgIpc) is 2.50. The van der Waals surface area contributed by atoms with E-state index >= 15 is 0 Å². The summed E-state index contributed by atoms with van der Waals surface area (Å²) >= 11 is 5.69. The Morgan fingerprint density at radius 3 is 2.14 bits per heavy atom. The highest BCUT2D eigenvalue weighted by molar-refractivity contribution is 7.92. The quantitative estimate of drug-likeness (QED) is 0.760. The molecular weight excluding hydrogens is 306 g/mol. The van der Waals surface area contributed by atoms with Crippen LogP contribution in [0, 0.1) is 0 Å². The van der Waals surface area contributed by atoms with Crippen molar-refractivity contribution < 1.29 is 8.42 Å². The third-order valence-corrected chi connectivity index (χ3v) is 5.33. The lowest BCUT2D eigenvalue weighted by Gasteiger charge is -2.23. The largest absolute Gasteiger partial charge is 0.267 e. The normalized spacial score (nSPS) is 11.3. The predicted molar refractivity (Wildman–Crippen MR) is 87.5 cm³/mol. The Kier molecular flexibility index (Phi) is 5.26. The van der Waals surface area contributed by atoms with Crippen molar-refractivity contribution in [1.82, 2.24) is 0 Å².